The summed E-state index contributed by atoms with van der Waals surface area (Å²) in [7, 11) is 1.54. The van der Waals surface area contributed by atoms with Crippen LogP contribution in [-0.4, -0.2) is 45.9 Å². The van der Waals surface area contributed by atoms with Crippen LogP contribution in [0.25, 0.3) is 11.1 Å². The van der Waals surface area contributed by atoms with Crippen molar-refractivity contribution >= 4 is 28.8 Å². The summed E-state index contributed by atoms with van der Waals surface area (Å²) in [6.45, 7) is 0. The largest absolute Gasteiger partial charge is 0.477 e. The van der Waals surface area contributed by atoms with Crippen LogP contribution in [0.1, 0.15) is 25.7 Å². The molecule has 29 heavy (non-hydrogen) atoms. The van der Waals surface area contributed by atoms with Gasteiger partial charge in [-0.15, -0.1) is 0 Å². The summed E-state index contributed by atoms with van der Waals surface area (Å²) in [5, 5.41) is 3.60. The Morgan fingerprint density at radius 1 is 1.17 bits per heavy atom. The van der Waals surface area contributed by atoms with E-state index in [0.29, 0.717) is 17.0 Å². The first-order valence-electron chi connectivity index (χ1n) is 9.50. The summed E-state index contributed by atoms with van der Waals surface area (Å²) in [5.41, 5.74) is 1.53. The average Bonchev–Trinajstić information content (AvgIpc) is 3.17. The number of oxazole rings is 1. The van der Waals surface area contributed by atoms with E-state index in [-0.39, 0.29) is 23.8 Å². The molecule has 8 nitrogen and oxygen atoms in total. The highest BCUT2D eigenvalue weighted by Crippen LogP contribution is 2.27. The van der Waals surface area contributed by atoms with Gasteiger partial charge in [0.1, 0.15) is 11.6 Å². The van der Waals surface area contributed by atoms with E-state index in [9.17, 15) is 4.79 Å². The molecule has 1 saturated carbocycles. The van der Waals surface area contributed by atoms with Crippen molar-refractivity contribution in [3.05, 3.63) is 36.7 Å². The van der Waals surface area contributed by atoms with Gasteiger partial charge in [-0.05, 0) is 37.8 Å². The fourth-order valence-electron chi connectivity index (χ4n) is 3.33. The Hall–Kier alpha value is -2.81. The minimum absolute atomic E-state index is 0.0165. The number of nitrogens with zero attached hydrogens (tertiary/aromatic N) is 3. The van der Waals surface area contributed by atoms with Gasteiger partial charge in [0.2, 0.25) is 5.91 Å². The fraction of sp³-hybridized carbons (Fsp3) is 0.400. The highest BCUT2D eigenvalue weighted by Gasteiger charge is 2.25. The van der Waals surface area contributed by atoms with Gasteiger partial charge in [-0.25, -0.2) is 15.0 Å². The number of aromatic nitrogens is 3. The number of thioether (sulfide) groups is 1. The Bertz CT molecular complexity index is 939. The van der Waals surface area contributed by atoms with Gasteiger partial charge in [0.25, 0.3) is 17.0 Å². The lowest BCUT2D eigenvalue weighted by molar-refractivity contribution is -0.119. The minimum Gasteiger partial charge on any atom is -0.477 e. The molecular formula is C20H22N4O4S. The number of nitrogens with one attached hydrogen (secondary N) is 1. The molecule has 0 saturated heterocycles. The molecule has 1 amide bonds. The van der Waals surface area contributed by atoms with Gasteiger partial charge in [0.05, 0.1) is 12.9 Å². The lowest BCUT2D eigenvalue weighted by atomic mass is 9.93. The van der Waals surface area contributed by atoms with Gasteiger partial charge >= 0.3 is 0 Å². The number of fused-ring (bicyclic) bond motifs is 1. The van der Waals surface area contributed by atoms with Crippen LogP contribution in [0.15, 0.2) is 46.3 Å². The van der Waals surface area contributed by atoms with E-state index in [1.165, 1.54) is 11.8 Å². The van der Waals surface area contributed by atoms with Crippen LogP contribution in [0.5, 0.6) is 11.8 Å². The van der Waals surface area contributed by atoms with Gasteiger partial charge < -0.3 is 19.2 Å². The summed E-state index contributed by atoms with van der Waals surface area (Å²) < 4.78 is 16.7. The Balaban J connectivity index is 1.21. The monoisotopic (exact) mass is 414 g/mol. The highest BCUT2D eigenvalue weighted by atomic mass is 32.2. The van der Waals surface area contributed by atoms with Crippen LogP contribution >= 0.6 is 11.8 Å². The third-order valence-corrected chi connectivity index (χ3v) is 5.57. The molecule has 2 aromatic heterocycles. The number of methoxy groups -OCH3 is 1. The number of amides is 1. The third-order valence-electron chi connectivity index (χ3n) is 4.75. The summed E-state index contributed by atoms with van der Waals surface area (Å²) in [6.07, 6.45) is 6.57. The van der Waals surface area contributed by atoms with Crippen molar-refractivity contribution < 1.29 is 18.7 Å². The van der Waals surface area contributed by atoms with E-state index in [2.05, 4.69) is 20.3 Å². The molecule has 1 aromatic carbocycles. The van der Waals surface area contributed by atoms with Gasteiger partial charge in [0, 0.05) is 18.4 Å². The predicted molar refractivity (Wildman–Crippen MR) is 108 cm³/mol. The average molecular weight is 414 g/mol. The van der Waals surface area contributed by atoms with Crippen LogP contribution in [0.2, 0.25) is 0 Å². The molecule has 0 radical (unpaired) electrons. The molecule has 0 spiro atoms. The van der Waals surface area contributed by atoms with Gasteiger partial charge in [-0.2, -0.15) is 0 Å². The van der Waals surface area contributed by atoms with E-state index < -0.39 is 0 Å². The second-order valence-electron chi connectivity index (χ2n) is 6.77. The molecule has 0 bridgehead atoms. The summed E-state index contributed by atoms with van der Waals surface area (Å²) in [4.78, 5) is 24.9. The van der Waals surface area contributed by atoms with Gasteiger partial charge in [-0.1, -0.05) is 23.9 Å². The second kappa shape index (κ2) is 9.13. The number of carbonyl (C=O) groups is 1. The lowest BCUT2D eigenvalue weighted by Gasteiger charge is -2.29. The number of carbonyl (C=O) groups excluding carboxylic acids is 1. The Morgan fingerprint density at radius 2 is 1.93 bits per heavy atom. The molecule has 152 valence electrons. The molecule has 0 atom stereocenters. The smallest absolute Gasteiger partial charge is 0.278 e. The van der Waals surface area contributed by atoms with Gasteiger partial charge in [-0.3, -0.25) is 4.79 Å². The molecule has 1 N–H and O–H groups in total. The maximum Gasteiger partial charge on any atom is 0.278 e. The van der Waals surface area contributed by atoms with Crippen LogP contribution in [0.3, 0.4) is 0 Å². The SMILES string of the molecule is COc1nccnc1OC1CCC(NC(=O)CSc2nc3ccccc3o2)CC1. The van der Waals surface area contributed by atoms with Gasteiger partial charge in [0.15, 0.2) is 5.58 Å². The number of rotatable bonds is 7. The first-order chi connectivity index (χ1) is 14.2. The molecule has 1 aliphatic carbocycles. The molecule has 9 heteroatoms. The van der Waals surface area contributed by atoms with Crippen molar-refractivity contribution in [1.29, 1.82) is 0 Å². The van der Waals surface area contributed by atoms with Crippen LogP contribution in [-0.2, 0) is 4.79 Å². The molecular weight excluding hydrogens is 392 g/mol. The fourth-order valence-corrected chi connectivity index (χ4v) is 3.98. The number of hydrogen-bond donors (Lipinski definition) is 1. The summed E-state index contributed by atoms with van der Waals surface area (Å²) >= 11 is 1.31. The zero-order valence-electron chi connectivity index (χ0n) is 16.0. The zero-order valence-corrected chi connectivity index (χ0v) is 16.9. The molecule has 2 heterocycles. The maximum absolute atomic E-state index is 12.3. The van der Waals surface area contributed by atoms with E-state index in [1.807, 2.05) is 24.3 Å². The van der Waals surface area contributed by atoms with Crippen LogP contribution in [0, 0.1) is 0 Å². The number of para-hydroxylation sites is 2. The van der Waals surface area contributed by atoms with Crippen molar-refractivity contribution in [2.24, 2.45) is 0 Å². The van der Waals surface area contributed by atoms with Crippen molar-refractivity contribution in [3.63, 3.8) is 0 Å². The van der Waals surface area contributed by atoms with Crippen molar-refractivity contribution in [2.75, 3.05) is 12.9 Å². The maximum atomic E-state index is 12.3. The van der Waals surface area contributed by atoms with E-state index in [4.69, 9.17) is 13.9 Å². The number of ether oxygens (including phenoxy) is 2. The Kier molecular flexibility index (Phi) is 6.14. The van der Waals surface area contributed by atoms with E-state index in [1.54, 1.807) is 19.5 Å². The Morgan fingerprint density at radius 3 is 2.69 bits per heavy atom. The standard InChI is InChI=1S/C20H22N4O4S/c1-26-18-19(22-11-10-21-18)27-14-8-6-13(7-9-14)23-17(25)12-29-20-24-15-4-2-3-5-16(15)28-20/h2-5,10-11,13-14H,6-9,12H2,1H3,(H,23,25). The molecule has 4 rings (SSSR count). The molecule has 3 aromatic rings. The third kappa shape index (κ3) is 4.97. The highest BCUT2D eigenvalue weighted by molar-refractivity contribution is 7.99. The normalized spacial score (nSPS) is 19.1. The lowest BCUT2D eigenvalue weighted by Crippen LogP contribution is -2.40. The number of hydrogen-bond acceptors (Lipinski definition) is 8. The minimum atomic E-state index is -0.0165. The quantitative estimate of drug-likeness (QED) is 0.588. The van der Waals surface area contributed by atoms with Crippen molar-refractivity contribution in [1.82, 2.24) is 20.3 Å². The first-order valence-corrected chi connectivity index (χ1v) is 10.5. The van der Waals surface area contributed by atoms with E-state index >= 15 is 0 Å². The van der Waals surface area contributed by atoms with Crippen molar-refractivity contribution in [3.8, 4) is 11.8 Å². The van der Waals surface area contributed by atoms with Crippen LogP contribution in [0.4, 0.5) is 0 Å². The zero-order chi connectivity index (χ0) is 20.1. The molecule has 1 aliphatic rings. The molecule has 1 fully saturated rings. The topological polar surface area (TPSA) is 99.4 Å². The number of benzene rings is 1. The molecule has 0 unspecified atom stereocenters. The first kappa shape index (κ1) is 19.5. The second-order valence-corrected chi connectivity index (χ2v) is 7.69. The van der Waals surface area contributed by atoms with Crippen molar-refractivity contribution in [2.45, 2.75) is 43.1 Å². The van der Waals surface area contributed by atoms with E-state index in [0.717, 1.165) is 36.8 Å². The molecule has 0 aliphatic heterocycles. The van der Waals surface area contributed by atoms with Crippen LogP contribution < -0.4 is 14.8 Å². The summed E-state index contributed by atoms with van der Waals surface area (Å²) in [6, 6.07) is 7.71. The Labute approximate surface area is 172 Å². The predicted octanol–water partition coefficient (Wildman–Crippen LogP) is 3.22. The summed E-state index contributed by atoms with van der Waals surface area (Å²) in [5.74, 6) is 1.06.